The highest BCUT2D eigenvalue weighted by atomic mass is 16.5. The summed E-state index contributed by atoms with van der Waals surface area (Å²) in [4.78, 5) is 14.3. The average molecular weight is 329 g/mol. The van der Waals surface area contributed by atoms with Crippen LogP contribution in [-0.2, 0) is 16.1 Å². The van der Waals surface area contributed by atoms with Crippen LogP contribution < -0.4 is 4.74 Å². The Kier molecular flexibility index (Phi) is 5.85. The van der Waals surface area contributed by atoms with Gasteiger partial charge in [0.05, 0.1) is 19.2 Å². The monoisotopic (exact) mass is 329 g/mol. The second-order valence-corrected chi connectivity index (χ2v) is 5.83. The number of aromatic nitrogens is 2. The van der Waals surface area contributed by atoms with Gasteiger partial charge in [-0.15, -0.1) is 0 Å². The van der Waals surface area contributed by atoms with E-state index in [1.807, 2.05) is 52.2 Å². The van der Waals surface area contributed by atoms with E-state index in [-0.39, 0.29) is 18.6 Å². The molecule has 2 heterocycles. The molecular weight excluding hydrogens is 306 g/mol. The first-order valence-corrected chi connectivity index (χ1v) is 8.35. The van der Waals surface area contributed by atoms with Crippen molar-refractivity contribution in [2.45, 2.75) is 25.4 Å². The van der Waals surface area contributed by atoms with E-state index >= 15 is 0 Å². The molecule has 1 aliphatic heterocycles. The van der Waals surface area contributed by atoms with Crippen molar-refractivity contribution in [3.05, 3.63) is 48.8 Å². The summed E-state index contributed by atoms with van der Waals surface area (Å²) in [5, 5.41) is 4.22. The molecule has 0 spiro atoms. The van der Waals surface area contributed by atoms with Gasteiger partial charge >= 0.3 is 0 Å². The topological polar surface area (TPSA) is 56.6 Å². The summed E-state index contributed by atoms with van der Waals surface area (Å²) in [5.41, 5.74) is 0. The predicted molar refractivity (Wildman–Crippen MR) is 89.7 cm³/mol. The van der Waals surface area contributed by atoms with Crippen molar-refractivity contribution in [1.82, 2.24) is 14.7 Å². The molecule has 1 aromatic carbocycles. The molecule has 1 fully saturated rings. The largest absolute Gasteiger partial charge is 0.491 e. The second kappa shape index (κ2) is 8.49. The number of para-hydroxylation sites is 1. The Morgan fingerprint density at radius 3 is 2.88 bits per heavy atom. The van der Waals surface area contributed by atoms with Gasteiger partial charge in [-0.25, -0.2) is 0 Å². The zero-order valence-electron chi connectivity index (χ0n) is 13.7. The third-order valence-electron chi connectivity index (χ3n) is 4.12. The third-order valence-corrected chi connectivity index (χ3v) is 4.12. The van der Waals surface area contributed by atoms with Crippen LogP contribution in [0.5, 0.6) is 5.75 Å². The van der Waals surface area contributed by atoms with E-state index in [9.17, 15) is 4.79 Å². The Morgan fingerprint density at radius 2 is 2.08 bits per heavy atom. The van der Waals surface area contributed by atoms with Crippen molar-refractivity contribution >= 4 is 5.91 Å². The van der Waals surface area contributed by atoms with Gasteiger partial charge in [0.2, 0.25) is 5.91 Å². The lowest BCUT2D eigenvalue weighted by Gasteiger charge is -2.24. The number of hydrogen-bond donors (Lipinski definition) is 0. The molecule has 0 bridgehead atoms. The minimum absolute atomic E-state index is 0.0457. The first-order valence-electron chi connectivity index (χ1n) is 8.35. The number of rotatable bonds is 8. The molecule has 1 aliphatic rings. The normalized spacial score (nSPS) is 17.2. The summed E-state index contributed by atoms with van der Waals surface area (Å²) in [6.07, 6.45) is 5.74. The predicted octanol–water partition coefficient (Wildman–Crippen LogP) is 1.97. The lowest BCUT2D eigenvalue weighted by molar-refractivity contribution is -0.137. The standard InChI is InChI=1S/C18H23N3O3/c22-18(15-23-12-13-24-17-7-2-1-3-8-17)21-11-4-6-16(21)14-20-10-5-9-19-20/h1-3,5,7-10,16H,4,6,11-15H2/t16-/m1/s1. The Morgan fingerprint density at radius 1 is 1.21 bits per heavy atom. The number of carbonyl (C=O) groups is 1. The SMILES string of the molecule is O=C(COCCOc1ccccc1)N1CCC[C@@H]1Cn1cccn1. The van der Waals surface area contributed by atoms with Gasteiger partial charge in [0.15, 0.2) is 0 Å². The molecule has 1 amide bonds. The highest BCUT2D eigenvalue weighted by Crippen LogP contribution is 2.18. The molecule has 128 valence electrons. The second-order valence-electron chi connectivity index (χ2n) is 5.83. The summed E-state index contributed by atoms with van der Waals surface area (Å²) < 4.78 is 12.9. The molecule has 24 heavy (non-hydrogen) atoms. The van der Waals surface area contributed by atoms with E-state index in [2.05, 4.69) is 5.10 Å². The molecule has 1 saturated heterocycles. The van der Waals surface area contributed by atoms with Gasteiger partial charge in [-0.05, 0) is 31.0 Å². The van der Waals surface area contributed by atoms with Gasteiger partial charge in [-0.1, -0.05) is 18.2 Å². The summed E-state index contributed by atoms with van der Waals surface area (Å²) in [6, 6.07) is 11.7. The smallest absolute Gasteiger partial charge is 0.248 e. The fourth-order valence-electron chi connectivity index (χ4n) is 2.96. The minimum Gasteiger partial charge on any atom is -0.491 e. The summed E-state index contributed by atoms with van der Waals surface area (Å²) in [7, 11) is 0. The maximum atomic E-state index is 12.3. The molecule has 1 atom stereocenters. The van der Waals surface area contributed by atoms with Crippen LogP contribution in [-0.4, -0.2) is 53.0 Å². The van der Waals surface area contributed by atoms with Gasteiger partial charge in [-0.2, -0.15) is 5.10 Å². The van der Waals surface area contributed by atoms with Crippen molar-refractivity contribution in [1.29, 1.82) is 0 Å². The van der Waals surface area contributed by atoms with E-state index in [0.717, 1.165) is 31.7 Å². The maximum absolute atomic E-state index is 12.3. The quantitative estimate of drug-likeness (QED) is 0.695. The van der Waals surface area contributed by atoms with Crippen LogP contribution in [0.25, 0.3) is 0 Å². The van der Waals surface area contributed by atoms with E-state index < -0.39 is 0 Å². The zero-order chi connectivity index (χ0) is 16.6. The van der Waals surface area contributed by atoms with Crippen molar-refractivity contribution in [2.75, 3.05) is 26.4 Å². The number of amides is 1. The molecule has 6 heteroatoms. The van der Waals surface area contributed by atoms with E-state index in [1.165, 1.54) is 0 Å². The Balaban J connectivity index is 1.36. The van der Waals surface area contributed by atoms with Gasteiger partial charge in [0, 0.05) is 18.9 Å². The van der Waals surface area contributed by atoms with Gasteiger partial charge < -0.3 is 14.4 Å². The lowest BCUT2D eigenvalue weighted by atomic mass is 10.2. The summed E-state index contributed by atoms with van der Waals surface area (Å²) in [6.45, 7) is 2.49. The first kappa shape index (κ1) is 16.5. The van der Waals surface area contributed by atoms with Crippen molar-refractivity contribution < 1.29 is 14.3 Å². The van der Waals surface area contributed by atoms with Crippen LogP contribution in [0.15, 0.2) is 48.8 Å². The molecular formula is C18H23N3O3. The Hall–Kier alpha value is -2.34. The Labute approximate surface area is 142 Å². The number of likely N-dealkylation sites (tertiary alicyclic amines) is 1. The van der Waals surface area contributed by atoms with E-state index in [0.29, 0.717) is 13.2 Å². The van der Waals surface area contributed by atoms with E-state index in [1.54, 1.807) is 6.20 Å². The van der Waals surface area contributed by atoms with Crippen molar-refractivity contribution in [3.8, 4) is 5.75 Å². The molecule has 0 saturated carbocycles. The summed E-state index contributed by atoms with van der Waals surface area (Å²) in [5.74, 6) is 0.857. The molecule has 3 rings (SSSR count). The van der Waals surface area contributed by atoms with Crippen LogP contribution in [0.2, 0.25) is 0 Å². The highest BCUT2D eigenvalue weighted by Gasteiger charge is 2.28. The van der Waals surface area contributed by atoms with Crippen LogP contribution in [0.4, 0.5) is 0 Å². The minimum atomic E-state index is 0.0457. The van der Waals surface area contributed by atoms with Crippen molar-refractivity contribution in [3.63, 3.8) is 0 Å². The number of ether oxygens (including phenoxy) is 2. The fourth-order valence-corrected chi connectivity index (χ4v) is 2.96. The number of nitrogens with zero attached hydrogens (tertiary/aromatic N) is 3. The lowest BCUT2D eigenvalue weighted by Crippen LogP contribution is -2.40. The molecule has 6 nitrogen and oxygen atoms in total. The molecule has 0 N–H and O–H groups in total. The molecule has 0 aliphatic carbocycles. The van der Waals surface area contributed by atoms with Crippen LogP contribution >= 0.6 is 0 Å². The van der Waals surface area contributed by atoms with Gasteiger partial charge in [-0.3, -0.25) is 9.48 Å². The van der Waals surface area contributed by atoms with Gasteiger partial charge in [0.1, 0.15) is 19.0 Å². The first-order chi connectivity index (χ1) is 11.8. The zero-order valence-corrected chi connectivity index (χ0v) is 13.7. The average Bonchev–Trinajstić information content (AvgIpc) is 3.28. The van der Waals surface area contributed by atoms with Crippen molar-refractivity contribution in [2.24, 2.45) is 0 Å². The molecule has 0 unspecified atom stereocenters. The summed E-state index contributed by atoms with van der Waals surface area (Å²) >= 11 is 0. The highest BCUT2D eigenvalue weighted by molar-refractivity contribution is 5.78. The fraction of sp³-hybridized carbons (Fsp3) is 0.444. The Bertz CT molecular complexity index is 616. The number of benzene rings is 1. The third kappa shape index (κ3) is 4.58. The van der Waals surface area contributed by atoms with Crippen LogP contribution in [0, 0.1) is 0 Å². The van der Waals surface area contributed by atoms with Crippen LogP contribution in [0.1, 0.15) is 12.8 Å². The number of hydrogen-bond acceptors (Lipinski definition) is 4. The molecule has 2 aromatic rings. The van der Waals surface area contributed by atoms with Gasteiger partial charge in [0.25, 0.3) is 0 Å². The molecule has 1 aromatic heterocycles. The van der Waals surface area contributed by atoms with E-state index in [4.69, 9.17) is 9.47 Å². The number of carbonyl (C=O) groups excluding carboxylic acids is 1. The van der Waals surface area contributed by atoms with Crippen LogP contribution in [0.3, 0.4) is 0 Å². The molecule has 0 radical (unpaired) electrons. The maximum Gasteiger partial charge on any atom is 0.248 e.